The van der Waals surface area contributed by atoms with Crippen LogP contribution in [0.3, 0.4) is 0 Å². The van der Waals surface area contributed by atoms with Crippen molar-refractivity contribution in [3.63, 3.8) is 0 Å². The van der Waals surface area contributed by atoms with Gasteiger partial charge in [-0.1, -0.05) is 0 Å². The number of nitrogen functional groups attached to an aromatic ring is 1. The molecule has 0 atom stereocenters. The quantitative estimate of drug-likeness (QED) is 0.701. The molecule has 1 rings (SSSR count). The zero-order valence-corrected chi connectivity index (χ0v) is 8.00. The molecule has 1 aromatic rings. The van der Waals surface area contributed by atoms with Crippen molar-refractivity contribution in [3.8, 4) is 18.0 Å². The summed E-state index contributed by atoms with van der Waals surface area (Å²) in [5.74, 6) is -0.0212. The Balaban J connectivity index is 3.28. The van der Waals surface area contributed by atoms with Crippen LogP contribution in [0.5, 0.6) is 5.88 Å². The van der Waals surface area contributed by atoms with Crippen LogP contribution in [-0.2, 0) is 0 Å². The number of nitrogens with two attached hydrogens (primary N) is 1. The van der Waals surface area contributed by atoms with Gasteiger partial charge in [-0.2, -0.15) is 15.5 Å². The molecule has 0 aliphatic carbocycles. The standard InChI is InChI=1S/C7H5N5OS/c1-14-13-7-5(3-9)11-4(2-8)6(10)12-7/h1H3,(H2,10,12). The number of hydrogen-bond acceptors (Lipinski definition) is 7. The average Bonchev–Trinajstić information content (AvgIpc) is 2.19. The van der Waals surface area contributed by atoms with Crippen LogP contribution in [0.25, 0.3) is 0 Å². The predicted octanol–water partition coefficient (Wildman–Crippen LogP) is 0.459. The van der Waals surface area contributed by atoms with Gasteiger partial charge in [-0.05, 0) is 0 Å². The molecular formula is C7H5N5OS. The van der Waals surface area contributed by atoms with Gasteiger partial charge in [-0.3, -0.25) is 0 Å². The molecule has 1 heterocycles. The Morgan fingerprint density at radius 2 is 1.93 bits per heavy atom. The first-order valence-electron chi connectivity index (χ1n) is 3.41. The van der Waals surface area contributed by atoms with Crippen LogP contribution in [0.15, 0.2) is 0 Å². The molecule has 0 saturated carbocycles. The summed E-state index contributed by atoms with van der Waals surface area (Å²) in [7, 11) is 0. The maximum atomic E-state index is 8.66. The lowest BCUT2D eigenvalue weighted by Crippen LogP contribution is -2.02. The highest BCUT2D eigenvalue weighted by Crippen LogP contribution is 2.19. The molecule has 0 aliphatic rings. The fraction of sp³-hybridized carbons (Fsp3) is 0.143. The number of hydrogen-bond donors (Lipinski definition) is 1. The zero-order chi connectivity index (χ0) is 10.6. The van der Waals surface area contributed by atoms with Crippen molar-refractivity contribution in [2.24, 2.45) is 0 Å². The molecule has 0 saturated heterocycles. The van der Waals surface area contributed by atoms with Gasteiger partial charge in [0, 0.05) is 6.26 Å². The van der Waals surface area contributed by atoms with E-state index in [0.717, 1.165) is 12.0 Å². The molecule has 70 valence electrons. The third-order valence-electron chi connectivity index (χ3n) is 1.26. The summed E-state index contributed by atoms with van der Waals surface area (Å²) in [6, 6.07) is 3.49. The van der Waals surface area contributed by atoms with E-state index < -0.39 is 0 Å². The number of nitriles is 2. The maximum absolute atomic E-state index is 8.66. The second-order valence-electron chi connectivity index (χ2n) is 2.08. The molecule has 0 amide bonds. The van der Waals surface area contributed by atoms with Crippen molar-refractivity contribution in [3.05, 3.63) is 11.4 Å². The second-order valence-corrected chi connectivity index (χ2v) is 2.58. The van der Waals surface area contributed by atoms with E-state index in [-0.39, 0.29) is 23.1 Å². The normalized spacial score (nSPS) is 8.79. The molecule has 6 nitrogen and oxygen atoms in total. The highest BCUT2D eigenvalue weighted by atomic mass is 32.2. The molecular weight excluding hydrogens is 202 g/mol. The van der Waals surface area contributed by atoms with E-state index >= 15 is 0 Å². The van der Waals surface area contributed by atoms with Gasteiger partial charge in [-0.15, -0.1) is 0 Å². The highest BCUT2D eigenvalue weighted by Gasteiger charge is 2.12. The van der Waals surface area contributed by atoms with Gasteiger partial charge in [0.25, 0.3) is 5.88 Å². The van der Waals surface area contributed by atoms with E-state index in [4.69, 9.17) is 20.4 Å². The lowest BCUT2D eigenvalue weighted by Gasteiger charge is -2.02. The summed E-state index contributed by atoms with van der Waals surface area (Å²) in [4.78, 5) is 7.41. The fourth-order valence-electron chi connectivity index (χ4n) is 0.724. The van der Waals surface area contributed by atoms with E-state index in [0.29, 0.717) is 0 Å². The Hall–Kier alpha value is -1.99. The van der Waals surface area contributed by atoms with Crippen LogP contribution in [0.4, 0.5) is 5.82 Å². The smallest absolute Gasteiger partial charge is 0.266 e. The summed E-state index contributed by atoms with van der Waals surface area (Å²) in [6.07, 6.45) is 1.66. The minimum atomic E-state index is -0.0741. The van der Waals surface area contributed by atoms with E-state index in [1.54, 1.807) is 18.4 Å². The lowest BCUT2D eigenvalue weighted by atomic mass is 10.4. The fourth-order valence-corrected chi connectivity index (χ4v) is 0.998. The Labute approximate surface area is 84.5 Å². The van der Waals surface area contributed by atoms with Gasteiger partial charge < -0.3 is 9.92 Å². The Bertz CT molecular complexity index is 433. The maximum Gasteiger partial charge on any atom is 0.266 e. The topological polar surface area (TPSA) is 109 Å². The molecule has 0 unspecified atom stereocenters. The Morgan fingerprint density at radius 1 is 1.29 bits per heavy atom. The van der Waals surface area contributed by atoms with E-state index in [1.807, 2.05) is 0 Å². The molecule has 14 heavy (non-hydrogen) atoms. The zero-order valence-electron chi connectivity index (χ0n) is 7.18. The largest absolute Gasteiger partial charge is 0.403 e. The average molecular weight is 207 g/mol. The molecule has 0 spiro atoms. The number of rotatable bonds is 2. The van der Waals surface area contributed by atoms with Crippen LogP contribution < -0.4 is 9.92 Å². The summed E-state index contributed by atoms with van der Waals surface area (Å²) in [5.41, 5.74) is 5.27. The molecule has 0 aliphatic heterocycles. The molecule has 0 bridgehead atoms. The first kappa shape index (κ1) is 10.1. The monoisotopic (exact) mass is 207 g/mol. The molecule has 1 aromatic heterocycles. The molecule has 2 N–H and O–H groups in total. The van der Waals surface area contributed by atoms with Gasteiger partial charge >= 0.3 is 0 Å². The van der Waals surface area contributed by atoms with E-state index in [9.17, 15) is 0 Å². The minimum Gasteiger partial charge on any atom is -0.403 e. The molecule has 7 heteroatoms. The van der Waals surface area contributed by atoms with Crippen molar-refractivity contribution in [1.82, 2.24) is 9.97 Å². The minimum absolute atomic E-state index is 0.0245. The summed E-state index contributed by atoms with van der Waals surface area (Å²) >= 11 is 1.01. The lowest BCUT2D eigenvalue weighted by molar-refractivity contribution is 0.612. The first-order chi connectivity index (χ1) is 6.72. The summed E-state index contributed by atoms with van der Waals surface area (Å²) < 4.78 is 4.94. The Kier molecular flexibility index (Phi) is 3.10. The van der Waals surface area contributed by atoms with Crippen molar-refractivity contribution in [1.29, 1.82) is 10.5 Å². The number of nitrogens with zero attached hydrogens (tertiary/aromatic N) is 4. The third kappa shape index (κ3) is 1.84. The van der Waals surface area contributed by atoms with Gasteiger partial charge in [0.15, 0.2) is 11.5 Å². The van der Waals surface area contributed by atoms with Crippen LogP contribution >= 0.6 is 12.0 Å². The van der Waals surface area contributed by atoms with Crippen molar-refractivity contribution in [2.45, 2.75) is 0 Å². The third-order valence-corrected chi connectivity index (χ3v) is 1.59. The predicted molar refractivity (Wildman–Crippen MR) is 50.0 cm³/mol. The van der Waals surface area contributed by atoms with Gasteiger partial charge in [0.05, 0.1) is 12.0 Å². The van der Waals surface area contributed by atoms with E-state index in [1.165, 1.54) is 0 Å². The summed E-state index contributed by atoms with van der Waals surface area (Å²) in [6.45, 7) is 0. The Morgan fingerprint density at radius 3 is 2.43 bits per heavy atom. The molecule has 0 radical (unpaired) electrons. The van der Waals surface area contributed by atoms with Crippen LogP contribution in [0.1, 0.15) is 11.4 Å². The molecule has 0 fully saturated rings. The van der Waals surface area contributed by atoms with Crippen LogP contribution in [0.2, 0.25) is 0 Å². The highest BCUT2D eigenvalue weighted by molar-refractivity contribution is 7.94. The number of anilines is 1. The van der Waals surface area contributed by atoms with Crippen molar-refractivity contribution < 1.29 is 4.18 Å². The van der Waals surface area contributed by atoms with Gasteiger partial charge in [0.1, 0.15) is 12.1 Å². The number of aromatic nitrogens is 2. The van der Waals surface area contributed by atoms with E-state index in [2.05, 4.69) is 9.97 Å². The van der Waals surface area contributed by atoms with Crippen molar-refractivity contribution in [2.75, 3.05) is 12.0 Å². The van der Waals surface area contributed by atoms with Crippen LogP contribution in [0, 0.1) is 22.7 Å². The molecule has 0 aromatic carbocycles. The van der Waals surface area contributed by atoms with Gasteiger partial charge in [-0.25, -0.2) is 4.98 Å². The second kappa shape index (κ2) is 4.30. The summed E-state index contributed by atoms with van der Waals surface area (Å²) in [5, 5.41) is 17.2. The van der Waals surface area contributed by atoms with Gasteiger partial charge in [0.2, 0.25) is 5.69 Å². The first-order valence-corrected chi connectivity index (χ1v) is 4.56. The van der Waals surface area contributed by atoms with Crippen LogP contribution in [-0.4, -0.2) is 16.2 Å². The SMILES string of the molecule is CSOc1nc(N)c(C#N)nc1C#N. The van der Waals surface area contributed by atoms with Crippen molar-refractivity contribution >= 4 is 17.9 Å².